The maximum atomic E-state index is 11.9. The molecule has 1 unspecified atom stereocenters. The van der Waals surface area contributed by atoms with Crippen molar-refractivity contribution < 1.29 is 9.53 Å². The van der Waals surface area contributed by atoms with Crippen molar-refractivity contribution in [2.75, 3.05) is 26.3 Å². The predicted molar refractivity (Wildman–Crippen MR) is 69.0 cm³/mol. The summed E-state index contributed by atoms with van der Waals surface area (Å²) in [5.41, 5.74) is 0.945. The molecule has 1 saturated heterocycles. The lowest BCUT2D eigenvalue weighted by molar-refractivity contribution is 0.0735. The van der Waals surface area contributed by atoms with Gasteiger partial charge in [0.1, 0.15) is 4.88 Å². The molecule has 17 heavy (non-hydrogen) atoms. The monoisotopic (exact) mass is 274 g/mol. The highest BCUT2D eigenvalue weighted by atomic mass is 35.5. The smallest absolute Gasteiger partial charge is 0.262 e. The zero-order valence-electron chi connectivity index (χ0n) is 9.59. The van der Waals surface area contributed by atoms with Gasteiger partial charge in [-0.2, -0.15) is 0 Å². The molecule has 6 heteroatoms. The van der Waals surface area contributed by atoms with Gasteiger partial charge in [0.05, 0.1) is 18.2 Å². The molecule has 1 aliphatic rings. The number of rotatable bonds is 3. The second kappa shape index (κ2) is 5.82. The lowest BCUT2D eigenvalue weighted by Gasteiger charge is -2.23. The summed E-state index contributed by atoms with van der Waals surface area (Å²) in [4.78, 5) is 12.5. The van der Waals surface area contributed by atoms with Gasteiger partial charge in [-0.3, -0.25) is 4.79 Å². The predicted octanol–water partition coefficient (Wildman–Crippen LogP) is 1.43. The van der Waals surface area contributed by atoms with Gasteiger partial charge in [-0.25, -0.2) is 0 Å². The lowest BCUT2D eigenvalue weighted by atomic mass is 10.2. The number of amides is 1. The van der Waals surface area contributed by atoms with E-state index in [2.05, 4.69) is 10.6 Å². The number of halogens is 1. The summed E-state index contributed by atoms with van der Waals surface area (Å²) < 4.78 is 5.31. The number of thiophene rings is 1. The van der Waals surface area contributed by atoms with Gasteiger partial charge in [-0.05, 0) is 17.9 Å². The molecule has 1 amide bonds. The second-order valence-corrected chi connectivity index (χ2v) is 5.26. The molecule has 2 rings (SSSR count). The average molecular weight is 275 g/mol. The van der Waals surface area contributed by atoms with E-state index in [1.54, 1.807) is 0 Å². The van der Waals surface area contributed by atoms with Crippen LogP contribution in [0.5, 0.6) is 0 Å². The van der Waals surface area contributed by atoms with E-state index in [0.717, 1.165) is 18.7 Å². The molecule has 2 N–H and O–H groups in total. The molecule has 0 spiro atoms. The highest BCUT2D eigenvalue weighted by Crippen LogP contribution is 2.26. The molecule has 0 bridgehead atoms. The first-order valence-electron chi connectivity index (χ1n) is 5.51. The number of aryl methyl sites for hydroxylation is 1. The fourth-order valence-electron chi connectivity index (χ4n) is 1.63. The Morgan fingerprint density at radius 3 is 3.18 bits per heavy atom. The Balaban J connectivity index is 1.86. The largest absolute Gasteiger partial charge is 0.378 e. The molecule has 94 valence electrons. The van der Waals surface area contributed by atoms with Gasteiger partial charge in [0, 0.05) is 19.1 Å². The quantitative estimate of drug-likeness (QED) is 0.877. The van der Waals surface area contributed by atoms with Crippen molar-refractivity contribution in [1.82, 2.24) is 10.6 Å². The number of carbonyl (C=O) groups is 1. The molecular formula is C11H15ClN2O2S. The fraction of sp³-hybridized carbons (Fsp3) is 0.545. The first-order valence-corrected chi connectivity index (χ1v) is 6.77. The number of carbonyl (C=O) groups excluding carboxylic acids is 1. The standard InChI is InChI=1S/C11H15ClN2O2S/c1-7-6-17-10(9(7)12)11(15)14-4-8-5-16-3-2-13-8/h6,8,13H,2-5H2,1H3,(H,14,15). The van der Waals surface area contributed by atoms with Gasteiger partial charge in [0.25, 0.3) is 5.91 Å². The Morgan fingerprint density at radius 1 is 1.76 bits per heavy atom. The Morgan fingerprint density at radius 2 is 2.59 bits per heavy atom. The zero-order chi connectivity index (χ0) is 12.3. The van der Waals surface area contributed by atoms with Gasteiger partial charge in [-0.15, -0.1) is 11.3 Å². The van der Waals surface area contributed by atoms with Crippen molar-refractivity contribution in [1.29, 1.82) is 0 Å². The minimum atomic E-state index is -0.111. The third-order valence-electron chi connectivity index (χ3n) is 2.61. The molecule has 0 aromatic carbocycles. The van der Waals surface area contributed by atoms with Gasteiger partial charge in [-0.1, -0.05) is 11.6 Å². The van der Waals surface area contributed by atoms with E-state index in [9.17, 15) is 4.79 Å². The van der Waals surface area contributed by atoms with E-state index in [0.29, 0.717) is 23.1 Å². The molecule has 4 nitrogen and oxygen atoms in total. The average Bonchev–Trinajstić information content (AvgIpc) is 2.69. The third-order valence-corrected chi connectivity index (χ3v) is 4.31. The highest BCUT2D eigenvalue weighted by Gasteiger charge is 2.17. The summed E-state index contributed by atoms with van der Waals surface area (Å²) in [7, 11) is 0. The number of morpholine rings is 1. The number of hydrogen-bond donors (Lipinski definition) is 2. The zero-order valence-corrected chi connectivity index (χ0v) is 11.2. The van der Waals surface area contributed by atoms with Crippen LogP contribution < -0.4 is 10.6 Å². The lowest BCUT2D eigenvalue weighted by Crippen LogP contribution is -2.48. The summed E-state index contributed by atoms with van der Waals surface area (Å²) in [6.45, 7) is 4.66. The summed E-state index contributed by atoms with van der Waals surface area (Å²) in [5, 5.41) is 8.59. The number of ether oxygens (including phenoxy) is 1. The number of hydrogen-bond acceptors (Lipinski definition) is 4. The molecule has 1 aliphatic heterocycles. The molecule has 0 saturated carbocycles. The van der Waals surface area contributed by atoms with Crippen LogP contribution in [0.15, 0.2) is 5.38 Å². The molecule has 1 atom stereocenters. The van der Waals surface area contributed by atoms with Crippen molar-refractivity contribution in [2.45, 2.75) is 13.0 Å². The highest BCUT2D eigenvalue weighted by molar-refractivity contribution is 7.13. The van der Waals surface area contributed by atoms with Gasteiger partial charge >= 0.3 is 0 Å². The Kier molecular flexibility index (Phi) is 4.39. The summed E-state index contributed by atoms with van der Waals surface area (Å²) in [6.07, 6.45) is 0. The first kappa shape index (κ1) is 12.8. The molecule has 2 heterocycles. The maximum absolute atomic E-state index is 11.9. The minimum absolute atomic E-state index is 0.111. The van der Waals surface area contributed by atoms with Crippen molar-refractivity contribution >= 4 is 28.8 Å². The van der Waals surface area contributed by atoms with Crippen molar-refractivity contribution in [3.05, 3.63) is 20.8 Å². The van der Waals surface area contributed by atoms with Crippen LogP contribution in [0.1, 0.15) is 15.2 Å². The van der Waals surface area contributed by atoms with Crippen LogP contribution in [-0.4, -0.2) is 38.3 Å². The Hall–Kier alpha value is -0.620. The van der Waals surface area contributed by atoms with Gasteiger partial charge in [0.15, 0.2) is 0 Å². The third kappa shape index (κ3) is 3.19. The molecule has 1 aromatic heterocycles. The Labute approximate surface area is 109 Å². The molecule has 1 aromatic rings. The summed E-state index contributed by atoms with van der Waals surface area (Å²) in [6, 6.07) is 0.188. The summed E-state index contributed by atoms with van der Waals surface area (Å²) >= 11 is 7.41. The van der Waals surface area contributed by atoms with E-state index in [1.165, 1.54) is 11.3 Å². The van der Waals surface area contributed by atoms with Crippen LogP contribution in [-0.2, 0) is 4.74 Å². The molecular weight excluding hydrogens is 260 g/mol. The van der Waals surface area contributed by atoms with E-state index in [-0.39, 0.29) is 11.9 Å². The van der Waals surface area contributed by atoms with Crippen molar-refractivity contribution in [3.8, 4) is 0 Å². The minimum Gasteiger partial charge on any atom is -0.378 e. The van der Waals surface area contributed by atoms with E-state index in [1.807, 2.05) is 12.3 Å². The van der Waals surface area contributed by atoms with Crippen molar-refractivity contribution in [2.24, 2.45) is 0 Å². The van der Waals surface area contributed by atoms with Crippen LogP contribution in [0, 0.1) is 6.92 Å². The SMILES string of the molecule is Cc1csc(C(=O)NCC2COCCN2)c1Cl. The van der Waals surface area contributed by atoms with Crippen LogP contribution >= 0.6 is 22.9 Å². The van der Waals surface area contributed by atoms with Crippen LogP contribution in [0.25, 0.3) is 0 Å². The van der Waals surface area contributed by atoms with Crippen molar-refractivity contribution in [3.63, 3.8) is 0 Å². The molecule has 1 fully saturated rings. The van der Waals surface area contributed by atoms with Crippen LogP contribution in [0.3, 0.4) is 0 Å². The van der Waals surface area contributed by atoms with Gasteiger partial charge in [0.2, 0.25) is 0 Å². The topological polar surface area (TPSA) is 50.4 Å². The fourth-order valence-corrected chi connectivity index (χ4v) is 2.82. The van der Waals surface area contributed by atoms with E-state index < -0.39 is 0 Å². The molecule has 0 radical (unpaired) electrons. The van der Waals surface area contributed by atoms with Crippen LogP contribution in [0.2, 0.25) is 5.02 Å². The van der Waals surface area contributed by atoms with Gasteiger partial charge < -0.3 is 15.4 Å². The first-order chi connectivity index (χ1) is 8.18. The number of nitrogens with one attached hydrogen (secondary N) is 2. The molecule has 0 aliphatic carbocycles. The van der Waals surface area contributed by atoms with Crippen LogP contribution in [0.4, 0.5) is 0 Å². The van der Waals surface area contributed by atoms with E-state index >= 15 is 0 Å². The summed E-state index contributed by atoms with van der Waals surface area (Å²) in [5.74, 6) is -0.111. The normalized spacial score (nSPS) is 20.2. The second-order valence-electron chi connectivity index (χ2n) is 4.00. The maximum Gasteiger partial charge on any atom is 0.262 e. The Bertz CT molecular complexity index is 402. The van der Waals surface area contributed by atoms with E-state index in [4.69, 9.17) is 16.3 Å².